The quantitative estimate of drug-likeness (QED) is 0.894. The van der Waals surface area contributed by atoms with Crippen LogP contribution in [0.5, 0.6) is 0 Å². The number of amides is 1. The molecule has 0 aliphatic carbocycles. The Kier molecular flexibility index (Phi) is 4.15. The number of hydrogen-bond donors (Lipinski definition) is 2. The van der Waals surface area contributed by atoms with E-state index in [9.17, 15) is 9.59 Å². The minimum Gasteiger partial charge on any atom is -0.337 e. The molecule has 0 fully saturated rings. The van der Waals surface area contributed by atoms with Gasteiger partial charge in [0.05, 0.1) is 18.1 Å². The summed E-state index contributed by atoms with van der Waals surface area (Å²) in [5.41, 5.74) is 6.13. The number of carbonyl (C=O) groups is 1. The number of rotatable bonds is 3. The van der Waals surface area contributed by atoms with Crippen molar-refractivity contribution in [3.63, 3.8) is 0 Å². The summed E-state index contributed by atoms with van der Waals surface area (Å²) in [6.07, 6.45) is 0. The van der Waals surface area contributed by atoms with E-state index < -0.39 is 6.04 Å². The van der Waals surface area contributed by atoms with Crippen LogP contribution in [0.1, 0.15) is 26.6 Å². The average Bonchev–Trinajstić information content (AvgIpc) is 2.84. The number of nitrogens with two attached hydrogens (primary N) is 1. The van der Waals surface area contributed by atoms with E-state index >= 15 is 0 Å². The van der Waals surface area contributed by atoms with E-state index in [1.54, 1.807) is 13.1 Å². The fraction of sp³-hybridized carbons (Fsp3) is 0.500. The topological polar surface area (TPSA) is 92.1 Å². The molecule has 1 atom stereocenters. The van der Waals surface area contributed by atoms with E-state index in [2.05, 4.69) is 9.97 Å². The second kappa shape index (κ2) is 5.57. The van der Waals surface area contributed by atoms with Gasteiger partial charge in [-0.1, -0.05) is 20.8 Å². The Morgan fingerprint density at radius 2 is 2.19 bits per heavy atom. The second-order valence-electron chi connectivity index (χ2n) is 6.19. The van der Waals surface area contributed by atoms with Crippen LogP contribution in [-0.4, -0.2) is 33.9 Å². The Hall–Kier alpha value is -1.73. The number of aromatic amines is 1. The van der Waals surface area contributed by atoms with Gasteiger partial charge in [0.25, 0.3) is 5.56 Å². The maximum atomic E-state index is 12.3. The minimum atomic E-state index is -0.598. The summed E-state index contributed by atoms with van der Waals surface area (Å²) in [5, 5.41) is 1.82. The van der Waals surface area contributed by atoms with Crippen molar-refractivity contribution in [3.05, 3.63) is 27.6 Å². The smallest absolute Gasteiger partial charge is 0.268 e. The van der Waals surface area contributed by atoms with Crippen LogP contribution in [0.4, 0.5) is 0 Å². The van der Waals surface area contributed by atoms with Crippen molar-refractivity contribution >= 4 is 27.5 Å². The van der Waals surface area contributed by atoms with E-state index in [1.165, 1.54) is 16.2 Å². The van der Waals surface area contributed by atoms with Crippen molar-refractivity contribution in [2.24, 2.45) is 11.1 Å². The summed E-state index contributed by atoms with van der Waals surface area (Å²) in [6.45, 7) is 5.98. The van der Waals surface area contributed by atoms with Gasteiger partial charge in [-0.25, -0.2) is 4.98 Å². The number of fused-ring (bicyclic) bond motifs is 1. The van der Waals surface area contributed by atoms with Crippen LogP contribution in [0.25, 0.3) is 10.2 Å². The molecular formula is C14H20N4O2S. The summed E-state index contributed by atoms with van der Waals surface area (Å²) in [7, 11) is 1.66. The van der Waals surface area contributed by atoms with Crippen LogP contribution in [0.2, 0.25) is 0 Å². The molecule has 2 aromatic heterocycles. The zero-order valence-corrected chi connectivity index (χ0v) is 13.5. The number of nitrogens with zero attached hydrogens (tertiary/aromatic N) is 2. The van der Waals surface area contributed by atoms with Gasteiger partial charge in [-0.15, -0.1) is 11.3 Å². The fourth-order valence-corrected chi connectivity index (χ4v) is 2.63. The Morgan fingerprint density at radius 3 is 2.81 bits per heavy atom. The monoisotopic (exact) mass is 308 g/mol. The van der Waals surface area contributed by atoms with Crippen LogP contribution < -0.4 is 11.3 Å². The molecule has 7 heteroatoms. The molecule has 2 aromatic rings. The molecule has 0 aliphatic rings. The van der Waals surface area contributed by atoms with E-state index in [0.29, 0.717) is 16.0 Å². The molecule has 0 saturated heterocycles. The number of likely N-dealkylation sites (N-methyl/N-ethyl adjacent to an activating group) is 1. The first-order valence-corrected chi connectivity index (χ1v) is 7.55. The number of H-pyrrole nitrogens is 1. The van der Waals surface area contributed by atoms with Gasteiger partial charge in [0, 0.05) is 7.05 Å². The van der Waals surface area contributed by atoms with Crippen LogP contribution >= 0.6 is 11.3 Å². The molecule has 1 amide bonds. The Balaban J connectivity index is 2.20. The zero-order valence-electron chi connectivity index (χ0n) is 12.6. The molecule has 3 N–H and O–H groups in total. The molecule has 114 valence electrons. The first-order valence-electron chi connectivity index (χ1n) is 6.67. The molecule has 2 rings (SSSR count). The largest absolute Gasteiger partial charge is 0.337 e. The molecule has 0 aliphatic heterocycles. The normalized spacial score (nSPS) is 13.4. The Morgan fingerprint density at radius 1 is 1.52 bits per heavy atom. The lowest BCUT2D eigenvalue weighted by Gasteiger charge is -2.29. The highest BCUT2D eigenvalue weighted by molar-refractivity contribution is 7.17. The van der Waals surface area contributed by atoms with Crippen LogP contribution in [-0.2, 0) is 11.3 Å². The minimum absolute atomic E-state index is 0.171. The van der Waals surface area contributed by atoms with Crippen molar-refractivity contribution in [3.8, 4) is 0 Å². The number of aromatic nitrogens is 2. The molecular weight excluding hydrogens is 288 g/mol. The van der Waals surface area contributed by atoms with Gasteiger partial charge < -0.3 is 15.6 Å². The number of nitrogens with one attached hydrogen (secondary N) is 1. The van der Waals surface area contributed by atoms with Gasteiger partial charge in [0.1, 0.15) is 10.5 Å². The van der Waals surface area contributed by atoms with Crippen LogP contribution in [0, 0.1) is 5.41 Å². The summed E-state index contributed by atoms with van der Waals surface area (Å²) in [5.74, 6) is 0.290. The summed E-state index contributed by atoms with van der Waals surface area (Å²) < 4.78 is 0.596. The van der Waals surface area contributed by atoms with Gasteiger partial charge in [0.15, 0.2) is 0 Å². The first-order chi connectivity index (χ1) is 9.70. The van der Waals surface area contributed by atoms with E-state index in [4.69, 9.17) is 5.73 Å². The predicted octanol–water partition coefficient (Wildman–Crippen LogP) is 1.32. The fourth-order valence-electron chi connectivity index (χ4n) is 1.91. The molecule has 6 nitrogen and oxygen atoms in total. The third-order valence-corrected chi connectivity index (χ3v) is 4.23. The van der Waals surface area contributed by atoms with Crippen molar-refractivity contribution < 1.29 is 4.79 Å². The molecule has 1 unspecified atom stereocenters. The maximum absolute atomic E-state index is 12.3. The van der Waals surface area contributed by atoms with Gasteiger partial charge in [0.2, 0.25) is 5.91 Å². The standard InChI is InChI=1S/C14H20N4O2S/c1-14(2,3)11(15)13(20)18(4)7-9-16-8-5-6-21-10(8)12(19)17-9/h5-6,11H,7,15H2,1-4H3,(H,16,17,19). The van der Waals surface area contributed by atoms with Gasteiger partial charge in [-0.05, 0) is 16.9 Å². The Labute approximate surface area is 127 Å². The molecule has 0 spiro atoms. The van der Waals surface area contributed by atoms with Crippen LogP contribution in [0.3, 0.4) is 0 Å². The summed E-state index contributed by atoms with van der Waals surface area (Å²) in [4.78, 5) is 32.7. The lowest BCUT2D eigenvalue weighted by atomic mass is 9.86. The highest BCUT2D eigenvalue weighted by Crippen LogP contribution is 2.19. The molecule has 0 bridgehead atoms. The first kappa shape index (κ1) is 15.7. The molecule has 2 heterocycles. The third-order valence-electron chi connectivity index (χ3n) is 3.33. The lowest BCUT2D eigenvalue weighted by Crippen LogP contribution is -2.49. The summed E-state index contributed by atoms with van der Waals surface area (Å²) in [6, 6.07) is 1.20. The highest BCUT2D eigenvalue weighted by atomic mass is 32.1. The van der Waals surface area contributed by atoms with Crippen molar-refractivity contribution in [2.75, 3.05) is 7.05 Å². The van der Waals surface area contributed by atoms with Gasteiger partial charge in [-0.3, -0.25) is 9.59 Å². The third kappa shape index (κ3) is 3.30. The number of carbonyl (C=O) groups excluding carboxylic acids is 1. The van der Waals surface area contributed by atoms with E-state index in [-0.39, 0.29) is 23.4 Å². The summed E-state index contributed by atoms with van der Waals surface area (Å²) >= 11 is 1.35. The number of thiophene rings is 1. The van der Waals surface area contributed by atoms with Crippen LogP contribution in [0.15, 0.2) is 16.2 Å². The maximum Gasteiger partial charge on any atom is 0.268 e. The van der Waals surface area contributed by atoms with Gasteiger partial charge >= 0.3 is 0 Å². The average molecular weight is 308 g/mol. The Bertz CT molecular complexity index is 714. The SMILES string of the molecule is CN(Cc1nc2ccsc2c(=O)[nH]1)C(=O)C(N)C(C)(C)C. The second-order valence-corrected chi connectivity index (χ2v) is 7.10. The van der Waals surface area contributed by atoms with Gasteiger partial charge in [-0.2, -0.15) is 0 Å². The zero-order chi connectivity index (χ0) is 15.8. The molecule has 0 aromatic carbocycles. The molecule has 0 radical (unpaired) electrons. The van der Waals surface area contributed by atoms with E-state index in [1.807, 2.05) is 26.2 Å². The number of hydrogen-bond acceptors (Lipinski definition) is 5. The molecule has 0 saturated carbocycles. The highest BCUT2D eigenvalue weighted by Gasteiger charge is 2.29. The predicted molar refractivity (Wildman–Crippen MR) is 84.1 cm³/mol. The van der Waals surface area contributed by atoms with Crippen molar-refractivity contribution in [1.29, 1.82) is 0 Å². The lowest BCUT2D eigenvalue weighted by molar-refractivity contribution is -0.134. The van der Waals surface area contributed by atoms with Crippen molar-refractivity contribution in [1.82, 2.24) is 14.9 Å². The van der Waals surface area contributed by atoms with Crippen molar-refractivity contribution in [2.45, 2.75) is 33.4 Å². The van der Waals surface area contributed by atoms with E-state index in [0.717, 1.165) is 0 Å². The molecule has 21 heavy (non-hydrogen) atoms.